The topological polar surface area (TPSA) is 41.0 Å². The van der Waals surface area contributed by atoms with Gasteiger partial charge in [0.2, 0.25) is 0 Å². The van der Waals surface area contributed by atoms with Crippen LogP contribution in [0.5, 0.6) is 0 Å². The Morgan fingerprint density at radius 1 is 1.29 bits per heavy atom. The Bertz CT molecular complexity index is 358. The van der Waals surface area contributed by atoms with E-state index in [4.69, 9.17) is 0 Å². The molecule has 0 aromatic carbocycles. The van der Waals surface area contributed by atoms with E-state index in [2.05, 4.69) is 21.9 Å². The summed E-state index contributed by atoms with van der Waals surface area (Å²) in [5.41, 5.74) is 4.42. The van der Waals surface area contributed by atoms with E-state index in [1.54, 1.807) is 6.33 Å². The number of hydrogen-bond acceptors (Lipinski definition) is 2. The number of H-pyrrole nitrogens is 1. The largest absolute Gasteiger partial charge is 0.348 e. The highest BCUT2D eigenvalue weighted by Crippen LogP contribution is 2.14. The van der Waals surface area contributed by atoms with Gasteiger partial charge in [0.05, 0.1) is 12.0 Å². The molecule has 2 heterocycles. The van der Waals surface area contributed by atoms with E-state index in [1.807, 2.05) is 27.0 Å². The summed E-state index contributed by atoms with van der Waals surface area (Å²) in [6.07, 6.45) is 4.56. The molecule has 0 aliphatic carbocycles. The van der Waals surface area contributed by atoms with Crippen molar-refractivity contribution in [3.63, 3.8) is 0 Å². The molecule has 0 spiro atoms. The molecule has 0 bridgehead atoms. The number of fused-ring (bicyclic) bond motifs is 1. The van der Waals surface area contributed by atoms with Crippen molar-refractivity contribution in [2.75, 3.05) is 0 Å². The molecule has 1 aliphatic heterocycles. The van der Waals surface area contributed by atoms with E-state index in [1.165, 1.54) is 11.3 Å². The molecule has 0 saturated carbocycles. The van der Waals surface area contributed by atoms with Crippen molar-refractivity contribution in [3.05, 3.63) is 29.5 Å². The van der Waals surface area contributed by atoms with Crippen molar-refractivity contribution in [1.29, 1.82) is 0 Å². The van der Waals surface area contributed by atoms with Gasteiger partial charge in [0, 0.05) is 18.3 Å². The second-order valence-corrected chi connectivity index (χ2v) is 3.10. The number of imidazole rings is 1. The smallest absolute Gasteiger partial charge is 0.105 e. The van der Waals surface area contributed by atoms with Crippen LogP contribution < -0.4 is 0 Å². The number of aromatic nitrogens is 2. The fraction of sp³-hybridized carbons (Fsp3) is 0.455. The average molecular weight is 191 g/mol. The number of rotatable bonds is 0. The second-order valence-electron chi connectivity index (χ2n) is 3.10. The Hall–Kier alpha value is -1.38. The zero-order valence-corrected chi connectivity index (χ0v) is 9.26. The lowest BCUT2D eigenvalue weighted by atomic mass is 10.1. The summed E-state index contributed by atoms with van der Waals surface area (Å²) < 4.78 is 0. The third-order valence-corrected chi connectivity index (χ3v) is 2.00. The van der Waals surface area contributed by atoms with Crippen molar-refractivity contribution in [3.8, 4) is 0 Å². The number of allylic oxidation sites excluding steroid dienone is 1. The SMILES string of the molecule is CC.CC1=CN=C(C)c2nc[nH]c2C1. The van der Waals surface area contributed by atoms with Gasteiger partial charge in [-0.15, -0.1) is 0 Å². The van der Waals surface area contributed by atoms with Gasteiger partial charge in [0.1, 0.15) is 5.69 Å². The summed E-state index contributed by atoms with van der Waals surface area (Å²) in [6, 6.07) is 0. The fourth-order valence-corrected chi connectivity index (χ4v) is 1.36. The number of nitrogens with one attached hydrogen (secondary N) is 1. The zero-order valence-electron chi connectivity index (χ0n) is 9.26. The monoisotopic (exact) mass is 191 g/mol. The molecular weight excluding hydrogens is 174 g/mol. The first kappa shape index (κ1) is 10.7. The van der Waals surface area contributed by atoms with Gasteiger partial charge in [-0.3, -0.25) is 4.99 Å². The maximum absolute atomic E-state index is 4.29. The van der Waals surface area contributed by atoms with Crippen molar-refractivity contribution in [2.45, 2.75) is 34.1 Å². The molecule has 1 N–H and O–H groups in total. The molecule has 3 heteroatoms. The Balaban J connectivity index is 0.000000461. The van der Waals surface area contributed by atoms with Gasteiger partial charge in [0.15, 0.2) is 0 Å². The molecule has 0 amide bonds. The second kappa shape index (κ2) is 4.74. The number of aromatic amines is 1. The molecular formula is C11H17N3. The van der Waals surface area contributed by atoms with Crippen LogP contribution in [0.1, 0.15) is 39.1 Å². The van der Waals surface area contributed by atoms with Gasteiger partial charge in [-0.1, -0.05) is 13.8 Å². The highest BCUT2D eigenvalue weighted by molar-refractivity contribution is 5.98. The maximum Gasteiger partial charge on any atom is 0.105 e. The predicted molar refractivity (Wildman–Crippen MR) is 59.6 cm³/mol. The van der Waals surface area contributed by atoms with Gasteiger partial charge in [-0.2, -0.15) is 0 Å². The summed E-state index contributed by atoms with van der Waals surface area (Å²) in [4.78, 5) is 11.6. The van der Waals surface area contributed by atoms with Gasteiger partial charge in [-0.25, -0.2) is 4.98 Å². The molecule has 1 aromatic heterocycles. The highest BCUT2D eigenvalue weighted by atomic mass is 14.9. The van der Waals surface area contributed by atoms with E-state index in [0.29, 0.717) is 0 Å². The Morgan fingerprint density at radius 2 is 2.00 bits per heavy atom. The van der Waals surface area contributed by atoms with Crippen LogP contribution in [0.2, 0.25) is 0 Å². The average Bonchev–Trinajstić information content (AvgIpc) is 2.61. The standard InChI is InChI=1S/C9H11N3.C2H6/c1-6-3-8-9(12-5-11-8)7(2)10-4-6;1-2/h4-5H,3H2,1-2H3,(H,11,12);1-2H3. The number of aliphatic imine (C=N–C) groups is 1. The molecule has 1 aliphatic rings. The van der Waals surface area contributed by atoms with Crippen LogP contribution in [-0.4, -0.2) is 15.7 Å². The van der Waals surface area contributed by atoms with Crippen LogP contribution in [-0.2, 0) is 6.42 Å². The quantitative estimate of drug-likeness (QED) is 0.673. The molecule has 1 aromatic rings. The van der Waals surface area contributed by atoms with E-state index < -0.39 is 0 Å². The van der Waals surface area contributed by atoms with Gasteiger partial charge < -0.3 is 4.98 Å². The lowest BCUT2D eigenvalue weighted by Crippen LogP contribution is -1.98. The molecule has 0 unspecified atom stereocenters. The van der Waals surface area contributed by atoms with Crippen LogP contribution in [0.3, 0.4) is 0 Å². The molecule has 0 atom stereocenters. The van der Waals surface area contributed by atoms with Crippen molar-refractivity contribution < 1.29 is 0 Å². The van der Waals surface area contributed by atoms with E-state index in [-0.39, 0.29) is 0 Å². The van der Waals surface area contributed by atoms with Crippen molar-refractivity contribution in [1.82, 2.24) is 9.97 Å². The molecule has 76 valence electrons. The summed E-state index contributed by atoms with van der Waals surface area (Å²) >= 11 is 0. The first-order valence-electron chi connectivity index (χ1n) is 5.00. The lowest BCUT2D eigenvalue weighted by Gasteiger charge is -1.96. The van der Waals surface area contributed by atoms with Crippen LogP contribution in [0, 0.1) is 0 Å². The Morgan fingerprint density at radius 3 is 2.71 bits per heavy atom. The summed E-state index contributed by atoms with van der Waals surface area (Å²) in [6.45, 7) is 8.06. The van der Waals surface area contributed by atoms with Crippen LogP contribution in [0.4, 0.5) is 0 Å². The van der Waals surface area contributed by atoms with Crippen LogP contribution in [0.15, 0.2) is 23.1 Å². The fourth-order valence-electron chi connectivity index (χ4n) is 1.36. The minimum absolute atomic E-state index is 0.927. The lowest BCUT2D eigenvalue weighted by molar-refractivity contribution is 1.07. The minimum Gasteiger partial charge on any atom is -0.348 e. The first-order chi connectivity index (χ1) is 6.77. The highest BCUT2D eigenvalue weighted by Gasteiger charge is 2.10. The number of nitrogens with zero attached hydrogens (tertiary/aromatic N) is 2. The van der Waals surface area contributed by atoms with Crippen LogP contribution >= 0.6 is 0 Å². The van der Waals surface area contributed by atoms with E-state index >= 15 is 0 Å². The van der Waals surface area contributed by atoms with E-state index in [0.717, 1.165) is 17.8 Å². The van der Waals surface area contributed by atoms with Gasteiger partial charge >= 0.3 is 0 Å². The van der Waals surface area contributed by atoms with Crippen LogP contribution in [0.25, 0.3) is 0 Å². The molecule has 3 nitrogen and oxygen atoms in total. The summed E-state index contributed by atoms with van der Waals surface area (Å²) in [7, 11) is 0. The number of hydrogen-bond donors (Lipinski definition) is 1. The first-order valence-corrected chi connectivity index (χ1v) is 5.00. The Labute approximate surface area is 85.0 Å². The van der Waals surface area contributed by atoms with E-state index in [9.17, 15) is 0 Å². The minimum atomic E-state index is 0.927. The van der Waals surface area contributed by atoms with Crippen molar-refractivity contribution in [2.24, 2.45) is 4.99 Å². The molecule has 0 saturated heterocycles. The van der Waals surface area contributed by atoms with Gasteiger partial charge in [0.25, 0.3) is 0 Å². The third kappa shape index (κ3) is 2.10. The third-order valence-electron chi connectivity index (χ3n) is 2.00. The van der Waals surface area contributed by atoms with Gasteiger partial charge in [-0.05, 0) is 19.4 Å². The summed E-state index contributed by atoms with van der Waals surface area (Å²) in [5.74, 6) is 0. The molecule has 14 heavy (non-hydrogen) atoms. The summed E-state index contributed by atoms with van der Waals surface area (Å²) in [5, 5.41) is 0. The van der Waals surface area contributed by atoms with Crippen molar-refractivity contribution >= 4 is 5.71 Å². The molecule has 0 radical (unpaired) electrons. The molecule has 2 rings (SSSR count). The normalized spacial score (nSPS) is 14.3. The maximum atomic E-state index is 4.29. The zero-order chi connectivity index (χ0) is 10.6. The molecule has 0 fully saturated rings. The predicted octanol–water partition coefficient (Wildman–Crippen LogP) is 2.70. The Kier molecular flexibility index (Phi) is 3.63.